The van der Waals surface area contributed by atoms with Crippen LogP contribution in [0.25, 0.3) is 0 Å². The zero-order valence-electron chi connectivity index (χ0n) is 8.59. The van der Waals surface area contributed by atoms with E-state index >= 15 is 0 Å². The minimum absolute atomic E-state index is 0.0493. The van der Waals surface area contributed by atoms with Gasteiger partial charge in [-0.1, -0.05) is 6.07 Å². The third-order valence-corrected chi connectivity index (χ3v) is 3.94. The topological polar surface area (TPSA) is 39.1 Å². The van der Waals surface area contributed by atoms with Gasteiger partial charge in [0.1, 0.15) is 5.82 Å². The van der Waals surface area contributed by atoms with Gasteiger partial charge in [-0.2, -0.15) is 0 Å². The average Bonchev–Trinajstić information content (AvgIpc) is 2.75. The van der Waals surface area contributed by atoms with Gasteiger partial charge in [-0.15, -0.1) is 0 Å². The Hall–Kier alpha value is -1.62. The van der Waals surface area contributed by atoms with Crippen LogP contribution in [0.2, 0.25) is 0 Å². The van der Waals surface area contributed by atoms with Crippen LogP contribution in [-0.2, 0) is 10.0 Å². The fraction of sp³-hybridized carbons (Fsp3) is 0.0909. The fourth-order valence-corrected chi connectivity index (χ4v) is 2.53. The molecule has 1 aromatic heterocycles. The Kier molecular flexibility index (Phi) is 2.55. The SMILES string of the molecule is Cc1ccc(S(=O)(=O)n2cccc2)cc1F. The number of rotatable bonds is 2. The number of aryl methyl sites for hydroxylation is 1. The fourth-order valence-electron chi connectivity index (χ4n) is 1.33. The van der Waals surface area contributed by atoms with Crippen molar-refractivity contribution in [2.24, 2.45) is 0 Å². The summed E-state index contributed by atoms with van der Waals surface area (Å²) in [6.07, 6.45) is 2.82. The first-order valence-electron chi connectivity index (χ1n) is 4.66. The van der Waals surface area contributed by atoms with E-state index in [4.69, 9.17) is 0 Å². The molecule has 0 saturated carbocycles. The van der Waals surface area contributed by atoms with Gasteiger partial charge in [0.05, 0.1) is 4.90 Å². The molecule has 0 aliphatic heterocycles. The standard InChI is InChI=1S/C11H10FNO2S/c1-9-4-5-10(8-11(9)12)16(14,15)13-6-2-3-7-13/h2-8H,1H3. The van der Waals surface area contributed by atoms with Crippen LogP contribution in [0.1, 0.15) is 5.56 Å². The molecule has 0 N–H and O–H groups in total. The summed E-state index contributed by atoms with van der Waals surface area (Å²) in [5.41, 5.74) is 0.423. The highest BCUT2D eigenvalue weighted by molar-refractivity contribution is 7.90. The zero-order valence-corrected chi connectivity index (χ0v) is 9.41. The highest BCUT2D eigenvalue weighted by Gasteiger charge is 2.16. The third kappa shape index (κ3) is 1.74. The lowest BCUT2D eigenvalue weighted by Gasteiger charge is -2.06. The van der Waals surface area contributed by atoms with Gasteiger partial charge in [0.15, 0.2) is 0 Å². The summed E-state index contributed by atoms with van der Waals surface area (Å²) in [4.78, 5) is -0.0493. The van der Waals surface area contributed by atoms with Crippen molar-refractivity contribution >= 4 is 10.0 Å². The molecule has 1 aromatic carbocycles. The summed E-state index contributed by atoms with van der Waals surface area (Å²) < 4.78 is 38.2. The van der Waals surface area contributed by atoms with Crippen LogP contribution in [0.15, 0.2) is 47.6 Å². The smallest absolute Gasteiger partial charge is 0.249 e. The van der Waals surface area contributed by atoms with E-state index in [0.717, 1.165) is 10.0 Å². The average molecular weight is 239 g/mol. The minimum atomic E-state index is -3.66. The van der Waals surface area contributed by atoms with E-state index in [1.54, 1.807) is 19.1 Å². The number of aromatic nitrogens is 1. The van der Waals surface area contributed by atoms with E-state index in [1.807, 2.05) is 0 Å². The van der Waals surface area contributed by atoms with Crippen LogP contribution in [0, 0.1) is 12.7 Å². The lowest BCUT2D eigenvalue weighted by Crippen LogP contribution is -2.11. The number of hydrogen-bond acceptors (Lipinski definition) is 2. The van der Waals surface area contributed by atoms with E-state index in [-0.39, 0.29) is 4.90 Å². The Morgan fingerprint density at radius 2 is 1.81 bits per heavy atom. The van der Waals surface area contributed by atoms with E-state index in [9.17, 15) is 12.8 Å². The molecule has 0 amide bonds. The molecule has 2 rings (SSSR count). The molecule has 0 radical (unpaired) electrons. The van der Waals surface area contributed by atoms with E-state index < -0.39 is 15.8 Å². The van der Waals surface area contributed by atoms with Crippen molar-refractivity contribution in [1.29, 1.82) is 0 Å². The van der Waals surface area contributed by atoms with Crippen LogP contribution < -0.4 is 0 Å². The summed E-state index contributed by atoms with van der Waals surface area (Å²) in [5, 5.41) is 0. The summed E-state index contributed by atoms with van der Waals surface area (Å²) in [7, 11) is -3.66. The first kappa shape index (κ1) is 10.9. The number of nitrogens with zero attached hydrogens (tertiary/aromatic N) is 1. The van der Waals surface area contributed by atoms with Gasteiger partial charge in [0.25, 0.3) is 10.0 Å². The molecule has 0 aliphatic rings. The van der Waals surface area contributed by atoms with Crippen molar-refractivity contribution in [2.75, 3.05) is 0 Å². The maximum absolute atomic E-state index is 13.3. The molecular weight excluding hydrogens is 229 g/mol. The molecule has 0 saturated heterocycles. The summed E-state index contributed by atoms with van der Waals surface area (Å²) in [6, 6.07) is 7.08. The van der Waals surface area contributed by atoms with Crippen molar-refractivity contribution in [2.45, 2.75) is 11.8 Å². The second kappa shape index (κ2) is 3.75. The van der Waals surface area contributed by atoms with E-state index in [1.165, 1.54) is 24.5 Å². The van der Waals surface area contributed by atoms with Crippen LogP contribution in [0.3, 0.4) is 0 Å². The van der Waals surface area contributed by atoms with Crippen molar-refractivity contribution in [3.8, 4) is 0 Å². The Morgan fingerprint density at radius 3 is 2.38 bits per heavy atom. The molecule has 1 heterocycles. The lowest BCUT2D eigenvalue weighted by molar-refractivity contribution is 0.582. The molecule has 0 unspecified atom stereocenters. The molecule has 0 bridgehead atoms. The highest BCUT2D eigenvalue weighted by atomic mass is 32.2. The predicted molar refractivity (Wildman–Crippen MR) is 58.2 cm³/mol. The Bertz CT molecular complexity index is 603. The molecule has 84 valence electrons. The van der Waals surface area contributed by atoms with Crippen molar-refractivity contribution in [3.63, 3.8) is 0 Å². The maximum atomic E-state index is 13.3. The highest BCUT2D eigenvalue weighted by Crippen LogP contribution is 2.17. The summed E-state index contributed by atoms with van der Waals surface area (Å²) >= 11 is 0. The van der Waals surface area contributed by atoms with Crippen molar-refractivity contribution in [3.05, 3.63) is 54.1 Å². The third-order valence-electron chi connectivity index (χ3n) is 2.30. The number of benzene rings is 1. The van der Waals surface area contributed by atoms with Crippen molar-refractivity contribution < 1.29 is 12.8 Å². The molecule has 5 heteroatoms. The van der Waals surface area contributed by atoms with Gasteiger partial charge in [-0.25, -0.2) is 16.8 Å². The Morgan fingerprint density at radius 1 is 1.19 bits per heavy atom. The van der Waals surface area contributed by atoms with Gasteiger partial charge >= 0.3 is 0 Å². The minimum Gasteiger partial charge on any atom is -0.249 e. The molecular formula is C11H10FNO2S. The van der Waals surface area contributed by atoms with Crippen molar-refractivity contribution in [1.82, 2.24) is 3.97 Å². The Labute approximate surface area is 93.2 Å². The molecule has 2 aromatic rings. The van der Waals surface area contributed by atoms with Gasteiger partial charge < -0.3 is 0 Å². The molecule has 0 atom stereocenters. The van der Waals surface area contributed by atoms with Gasteiger partial charge in [0.2, 0.25) is 0 Å². The first-order valence-corrected chi connectivity index (χ1v) is 6.10. The predicted octanol–water partition coefficient (Wildman–Crippen LogP) is 2.17. The molecule has 0 aliphatic carbocycles. The van der Waals surface area contributed by atoms with Gasteiger partial charge in [0, 0.05) is 12.4 Å². The second-order valence-corrected chi connectivity index (χ2v) is 5.27. The van der Waals surface area contributed by atoms with Crippen LogP contribution >= 0.6 is 0 Å². The Balaban J connectivity index is 2.57. The number of halogens is 1. The zero-order chi connectivity index (χ0) is 11.8. The molecule has 0 spiro atoms. The maximum Gasteiger partial charge on any atom is 0.267 e. The van der Waals surface area contributed by atoms with Crippen LogP contribution in [-0.4, -0.2) is 12.4 Å². The van der Waals surface area contributed by atoms with Gasteiger partial charge in [-0.3, -0.25) is 0 Å². The monoisotopic (exact) mass is 239 g/mol. The molecule has 16 heavy (non-hydrogen) atoms. The first-order chi connectivity index (χ1) is 7.51. The summed E-state index contributed by atoms with van der Waals surface area (Å²) in [5.74, 6) is -0.520. The molecule has 3 nitrogen and oxygen atoms in total. The van der Waals surface area contributed by atoms with E-state index in [2.05, 4.69) is 0 Å². The molecule has 0 fully saturated rings. The lowest BCUT2D eigenvalue weighted by atomic mass is 10.2. The van der Waals surface area contributed by atoms with Gasteiger partial charge in [-0.05, 0) is 36.8 Å². The largest absolute Gasteiger partial charge is 0.267 e. The van der Waals surface area contributed by atoms with Crippen LogP contribution in [0.4, 0.5) is 4.39 Å². The number of hydrogen-bond donors (Lipinski definition) is 0. The normalized spacial score (nSPS) is 11.6. The summed E-state index contributed by atoms with van der Waals surface area (Å²) in [6.45, 7) is 1.58. The van der Waals surface area contributed by atoms with E-state index in [0.29, 0.717) is 5.56 Å². The second-order valence-electron chi connectivity index (χ2n) is 3.43. The quantitative estimate of drug-likeness (QED) is 0.805. The van der Waals surface area contributed by atoms with Crippen LogP contribution in [0.5, 0.6) is 0 Å².